The number of carbonyl (C=O) groups is 1. The Kier molecular flexibility index (Phi) is 4.65. The number of nitrogens with zero attached hydrogens (tertiary/aromatic N) is 4. The van der Waals surface area contributed by atoms with Crippen molar-refractivity contribution >= 4 is 16.7 Å². The van der Waals surface area contributed by atoms with E-state index in [1.165, 1.54) is 0 Å². The third-order valence-corrected chi connectivity index (χ3v) is 4.96. The van der Waals surface area contributed by atoms with Crippen LogP contribution >= 0.6 is 0 Å². The summed E-state index contributed by atoms with van der Waals surface area (Å²) in [5, 5.41) is 17.3. The molecule has 2 aromatic heterocycles. The summed E-state index contributed by atoms with van der Waals surface area (Å²) in [6, 6.07) is 14.2. The number of benzene rings is 2. The van der Waals surface area contributed by atoms with Gasteiger partial charge in [0.05, 0.1) is 24.3 Å². The van der Waals surface area contributed by atoms with Gasteiger partial charge in [0, 0.05) is 16.6 Å². The van der Waals surface area contributed by atoms with Gasteiger partial charge in [-0.25, -0.2) is 9.31 Å². The first-order valence-corrected chi connectivity index (χ1v) is 9.14. The number of hydrogen-bond donors (Lipinski definition) is 1. The van der Waals surface area contributed by atoms with Crippen molar-refractivity contribution in [1.82, 2.24) is 25.4 Å². The summed E-state index contributed by atoms with van der Waals surface area (Å²) in [4.78, 5) is 12.4. The lowest BCUT2D eigenvalue weighted by molar-refractivity contribution is -0.121. The van der Waals surface area contributed by atoms with Crippen LogP contribution in [-0.2, 0) is 11.2 Å². The zero-order chi connectivity index (χ0) is 19.7. The van der Waals surface area contributed by atoms with E-state index < -0.39 is 0 Å². The number of amides is 1. The van der Waals surface area contributed by atoms with Crippen molar-refractivity contribution in [2.24, 2.45) is 0 Å². The Morgan fingerprint density at radius 3 is 2.71 bits per heavy atom. The average molecular weight is 375 g/mol. The summed E-state index contributed by atoms with van der Waals surface area (Å²) in [6.07, 6.45) is 1.95. The molecule has 0 saturated carbocycles. The lowest BCUT2D eigenvalue weighted by atomic mass is 10.1. The van der Waals surface area contributed by atoms with Gasteiger partial charge in [0.25, 0.3) is 0 Å². The predicted octanol–water partition coefficient (Wildman–Crippen LogP) is 3.45. The molecule has 4 aromatic rings. The van der Waals surface area contributed by atoms with Crippen LogP contribution in [0, 0.1) is 13.8 Å². The second-order valence-corrected chi connectivity index (χ2v) is 6.86. The zero-order valence-electron chi connectivity index (χ0n) is 16.0. The Labute approximate surface area is 162 Å². The molecule has 7 heteroatoms. The fraction of sp³-hybridized carbons (Fsp3) is 0.238. The van der Waals surface area contributed by atoms with E-state index in [1.807, 2.05) is 42.9 Å². The fourth-order valence-corrected chi connectivity index (χ4v) is 3.42. The first kappa shape index (κ1) is 17.9. The molecule has 0 fully saturated rings. The summed E-state index contributed by atoms with van der Waals surface area (Å²) in [6.45, 7) is 5.72. The van der Waals surface area contributed by atoms with Gasteiger partial charge in [0.1, 0.15) is 11.4 Å². The van der Waals surface area contributed by atoms with Gasteiger partial charge in [-0.05, 0) is 32.2 Å². The van der Waals surface area contributed by atoms with E-state index in [1.54, 1.807) is 6.92 Å². The van der Waals surface area contributed by atoms with Gasteiger partial charge in [-0.1, -0.05) is 46.7 Å². The first-order chi connectivity index (χ1) is 13.5. The Morgan fingerprint density at radius 2 is 1.93 bits per heavy atom. The van der Waals surface area contributed by atoms with Gasteiger partial charge in [-0.15, -0.1) is 0 Å². The molecule has 142 valence electrons. The zero-order valence-corrected chi connectivity index (χ0v) is 16.0. The van der Waals surface area contributed by atoms with Crippen LogP contribution in [0.2, 0.25) is 0 Å². The molecule has 28 heavy (non-hydrogen) atoms. The van der Waals surface area contributed by atoms with Gasteiger partial charge in [-0.3, -0.25) is 4.79 Å². The van der Waals surface area contributed by atoms with Crippen molar-refractivity contribution in [2.45, 2.75) is 33.2 Å². The van der Waals surface area contributed by atoms with Gasteiger partial charge in [-0.2, -0.15) is 5.10 Å². The van der Waals surface area contributed by atoms with Crippen LogP contribution in [0.3, 0.4) is 0 Å². The maximum atomic E-state index is 12.4. The molecule has 0 spiro atoms. The highest BCUT2D eigenvalue weighted by molar-refractivity contribution is 5.90. The van der Waals surface area contributed by atoms with Crippen molar-refractivity contribution in [3.63, 3.8) is 0 Å². The molecule has 1 N–H and O–H groups in total. The molecule has 1 atom stereocenters. The summed E-state index contributed by atoms with van der Waals surface area (Å²) in [7, 11) is 0. The minimum absolute atomic E-state index is 0.135. The summed E-state index contributed by atoms with van der Waals surface area (Å²) >= 11 is 0. The minimum Gasteiger partial charge on any atom is -0.349 e. The number of rotatable bonds is 5. The smallest absolute Gasteiger partial charge is 0.226 e. The molecule has 4 rings (SSSR count). The summed E-state index contributed by atoms with van der Waals surface area (Å²) in [5.74, 6) is -0.136. The van der Waals surface area contributed by atoms with Crippen molar-refractivity contribution in [3.05, 3.63) is 71.3 Å². The van der Waals surface area contributed by atoms with Crippen molar-refractivity contribution < 1.29 is 9.42 Å². The molecule has 2 aromatic carbocycles. The normalized spacial score (nSPS) is 12.2. The van der Waals surface area contributed by atoms with Crippen LogP contribution in [0.25, 0.3) is 16.5 Å². The number of carbonyl (C=O) groups excluding carboxylic acids is 1. The van der Waals surface area contributed by atoms with E-state index in [2.05, 4.69) is 49.6 Å². The Morgan fingerprint density at radius 1 is 1.14 bits per heavy atom. The highest BCUT2D eigenvalue weighted by Crippen LogP contribution is 2.25. The number of hydrogen-bond acceptors (Lipinski definition) is 5. The monoisotopic (exact) mass is 375 g/mol. The molecule has 2 heterocycles. The second-order valence-electron chi connectivity index (χ2n) is 6.86. The number of fused-ring (bicyclic) bond motifs is 1. The summed E-state index contributed by atoms with van der Waals surface area (Å²) in [5.41, 5.74) is 4.15. The first-order valence-electron chi connectivity index (χ1n) is 9.14. The van der Waals surface area contributed by atoms with Gasteiger partial charge in [0.15, 0.2) is 0 Å². The minimum atomic E-state index is -0.184. The SMILES string of the molecule is Cc1nonc1CC(=O)N[C@@H](C)c1cnn(-c2cccc3ccccc23)c1C. The van der Waals surface area contributed by atoms with Crippen LogP contribution in [0.15, 0.2) is 53.3 Å². The fourth-order valence-electron chi connectivity index (χ4n) is 3.42. The van der Waals surface area contributed by atoms with Crippen molar-refractivity contribution in [3.8, 4) is 5.69 Å². The molecule has 0 unspecified atom stereocenters. The molecule has 0 saturated heterocycles. The molecule has 0 aliphatic rings. The van der Waals surface area contributed by atoms with Crippen LogP contribution in [0.1, 0.15) is 35.6 Å². The molecular formula is C21H21N5O2. The van der Waals surface area contributed by atoms with Crippen LogP contribution in [-0.4, -0.2) is 26.0 Å². The third kappa shape index (κ3) is 3.26. The van der Waals surface area contributed by atoms with E-state index in [-0.39, 0.29) is 18.4 Å². The summed E-state index contributed by atoms with van der Waals surface area (Å²) < 4.78 is 6.57. The van der Waals surface area contributed by atoms with Gasteiger partial charge >= 0.3 is 0 Å². The topological polar surface area (TPSA) is 85.8 Å². The van der Waals surface area contributed by atoms with E-state index in [0.717, 1.165) is 27.7 Å². The quantitative estimate of drug-likeness (QED) is 0.577. The standard InChI is InChI=1S/C21H21N5O2/c1-13(23-21(27)11-19-14(2)24-28-25-19)18-12-22-26(15(18)3)20-10-6-8-16-7-4-5-9-17(16)20/h4-10,12-13H,11H2,1-3H3,(H,23,27)/t13-/m0/s1. The Balaban J connectivity index is 1.58. The Bertz CT molecular complexity index is 1140. The lowest BCUT2D eigenvalue weighted by Gasteiger charge is -2.14. The van der Waals surface area contributed by atoms with Gasteiger partial charge < -0.3 is 5.32 Å². The van der Waals surface area contributed by atoms with Gasteiger partial charge in [0.2, 0.25) is 5.91 Å². The predicted molar refractivity (Wildman–Crippen MR) is 105 cm³/mol. The third-order valence-electron chi connectivity index (χ3n) is 4.96. The molecule has 0 bridgehead atoms. The van der Waals surface area contributed by atoms with E-state index in [0.29, 0.717) is 11.4 Å². The second kappa shape index (κ2) is 7.26. The maximum absolute atomic E-state index is 12.4. The maximum Gasteiger partial charge on any atom is 0.226 e. The lowest BCUT2D eigenvalue weighted by Crippen LogP contribution is -2.28. The molecule has 7 nitrogen and oxygen atoms in total. The van der Waals surface area contributed by atoms with Crippen LogP contribution in [0.5, 0.6) is 0 Å². The highest BCUT2D eigenvalue weighted by Gasteiger charge is 2.18. The number of aryl methyl sites for hydroxylation is 1. The average Bonchev–Trinajstić information content (AvgIpc) is 3.27. The van der Waals surface area contributed by atoms with E-state index in [9.17, 15) is 4.79 Å². The molecule has 1 amide bonds. The number of nitrogens with one attached hydrogen (secondary N) is 1. The van der Waals surface area contributed by atoms with Crippen molar-refractivity contribution in [2.75, 3.05) is 0 Å². The van der Waals surface area contributed by atoms with Crippen LogP contribution in [0.4, 0.5) is 0 Å². The molecule has 0 radical (unpaired) electrons. The van der Waals surface area contributed by atoms with Crippen molar-refractivity contribution in [1.29, 1.82) is 0 Å². The molecule has 0 aliphatic carbocycles. The largest absolute Gasteiger partial charge is 0.349 e. The van der Waals surface area contributed by atoms with E-state index >= 15 is 0 Å². The molecular weight excluding hydrogens is 354 g/mol. The Hall–Kier alpha value is -3.48. The van der Waals surface area contributed by atoms with E-state index in [4.69, 9.17) is 0 Å². The highest BCUT2D eigenvalue weighted by atomic mass is 16.6. The molecule has 0 aliphatic heterocycles. The van der Waals surface area contributed by atoms with Crippen LogP contribution < -0.4 is 5.32 Å². The number of aromatic nitrogens is 4.